The fourth-order valence-electron chi connectivity index (χ4n) is 4.29. The van der Waals surface area contributed by atoms with Crippen molar-refractivity contribution in [3.05, 3.63) is 34.9 Å². The van der Waals surface area contributed by atoms with E-state index in [1.807, 2.05) is 0 Å². The highest BCUT2D eigenvalue weighted by atomic mass is 14.7. The van der Waals surface area contributed by atoms with Crippen molar-refractivity contribution < 1.29 is 0 Å². The van der Waals surface area contributed by atoms with Crippen LogP contribution in [0.5, 0.6) is 0 Å². The molecule has 1 nitrogen and oxygen atoms in total. The third-order valence-electron chi connectivity index (χ3n) is 5.55. The molecule has 2 saturated carbocycles. The van der Waals surface area contributed by atoms with E-state index in [9.17, 15) is 0 Å². The molecule has 1 aromatic carbocycles. The van der Waals surface area contributed by atoms with Gasteiger partial charge in [-0.15, -0.1) is 0 Å². The van der Waals surface area contributed by atoms with E-state index in [2.05, 4.69) is 18.2 Å². The summed E-state index contributed by atoms with van der Waals surface area (Å²) in [6.45, 7) is 0. The van der Waals surface area contributed by atoms with Gasteiger partial charge >= 0.3 is 0 Å². The van der Waals surface area contributed by atoms with E-state index in [0.29, 0.717) is 6.04 Å². The molecular weight excluding hydrogens is 218 g/mol. The number of nitrogens with two attached hydrogens (primary N) is 1. The van der Waals surface area contributed by atoms with Crippen LogP contribution in [0.1, 0.15) is 54.8 Å². The molecule has 4 rings (SSSR count). The van der Waals surface area contributed by atoms with Gasteiger partial charge < -0.3 is 5.73 Å². The molecule has 0 saturated heterocycles. The van der Waals surface area contributed by atoms with E-state index in [1.165, 1.54) is 50.5 Å². The molecule has 3 aliphatic carbocycles. The molecule has 0 radical (unpaired) electrons. The van der Waals surface area contributed by atoms with Gasteiger partial charge in [0.1, 0.15) is 0 Å². The summed E-state index contributed by atoms with van der Waals surface area (Å²) in [6, 6.07) is 7.37. The quantitative estimate of drug-likeness (QED) is 0.841. The Morgan fingerprint density at radius 2 is 1.67 bits per heavy atom. The molecule has 2 fully saturated rings. The summed E-state index contributed by atoms with van der Waals surface area (Å²) >= 11 is 0. The highest BCUT2D eigenvalue weighted by Crippen LogP contribution is 2.56. The monoisotopic (exact) mass is 241 g/mol. The summed E-state index contributed by atoms with van der Waals surface area (Å²) in [6.07, 6.45) is 9.55. The molecule has 18 heavy (non-hydrogen) atoms. The largest absolute Gasteiger partial charge is 0.324 e. The Hall–Kier alpha value is -0.820. The molecule has 96 valence electrons. The molecule has 0 heterocycles. The first-order chi connectivity index (χ1) is 8.81. The van der Waals surface area contributed by atoms with Crippen molar-refractivity contribution in [3.8, 4) is 0 Å². The minimum Gasteiger partial charge on any atom is -0.324 e. The maximum Gasteiger partial charge on any atom is 0.0323 e. The molecular formula is C17H23N. The number of hydrogen-bond acceptors (Lipinski definition) is 1. The van der Waals surface area contributed by atoms with Gasteiger partial charge in [0.2, 0.25) is 0 Å². The summed E-state index contributed by atoms with van der Waals surface area (Å²) in [7, 11) is 0. The van der Waals surface area contributed by atoms with Gasteiger partial charge in [-0.1, -0.05) is 18.2 Å². The predicted octanol–water partition coefficient (Wildman–Crippen LogP) is 3.61. The first-order valence-corrected chi connectivity index (χ1v) is 7.68. The molecule has 0 amide bonds. The molecule has 3 unspecified atom stereocenters. The lowest BCUT2D eigenvalue weighted by Crippen LogP contribution is -2.21. The predicted molar refractivity (Wildman–Crippen MR) is 74.3 cm³/mol. The first kappa shape index (κ1) is 11.0. The molecule has 3 aliphatic rings. The Morgan fingerprint density at radius 1 is 0.944 bits per heavy atom. The second-order valence-electron chi connectivity index (χ2n) is 6.75. The van der Waals surface area contributed by atoms with Crippen molar-refractivity contribution in [2.45, 2.75) is 51.0 Å². The van der Waals surface area contributed by atoms with Gasteiger partial charge in [-0.05, 0) is 79.4 Å². The van der Waals surface area contributed by atoms with Crippen LogP contribution in [0.25, 0.3) is 0 Å². The van der Waals surface area contributed by atoms with Crippen LogP contribution in [0, 0.1) is 17.8 Å². The molecule has 1 heteroatoms. The number of aryl methyl sites for hydroxylation is 2. The van der Waals surface area contributed by atoms with E-state index >= 15 is 0 Å². The van der Waals surface area contributed by atoms with Crippen LogP contribution in [0.2, 0.25) is 0 Å². The van der Waals surface area contributed by atoms with E-state index in [1.54, 1.807) is 11.1 Å². The third kappa shape index (κ3) is 1.80. The van der Waals surface area contributed by atoms with Gasteiger partial charge in [-0.25, -0.2) is 0 Å². The SMILES string of the molecule is NC(c1ccc2c(c1)CCCC2)C1CC2CC2C1. The topological polar surface area (TPSA) is 26.0 Å². The summed E-state index contributed by atoms with van der Waals surface area (Å²) in [4.78, 5) is 0. The van der Waals surface area contributed by atoms with Crippen LogP contribution < -0.4 is 5.73 Å². The van der Waals surface area contributed by atoms with Crippen LogP contribution >= 0.6 is 0 Å². The van der Waals surface area contributed by atoms with Crippen molar-refractivity contribution >= 4 is 0 Å². The molecule has 3 atom stereocenters. The van der Waals surface area contributed by atoms with Crippen molar-refractivity contribution in [2.75, 3.05) is 0 Å². The molecule has 0 aromatic heterocycles. The van der Waals surface area contributed by atoms with E-state index in [-0.39, 0.29) is 0 Å². The first-order valence-electron chi connectivity index (χ1n) is 7.68. The fourth-order valence-corrected chi connectivity index (χ4v) is 4.29. The Balaban J connectivity index is 1.56. The lowest BCUT2D eigenvalue weighted by Gasteiger charge is -2.23. The average molecular weight is 241 g/mol. The second-order valence-corrected chi connectivity index (χ2v) is 6.75. The average Bonchev–Trinajstić information content (AvgIpc) is 3.04. The summed E-state index contributed by atoms with van der Waals surface area (Å²) < 4.78 is 0. The minimum absolute atomic E-state index is 0.296. The molecule has 0 spiro atoms. The maximum absolute atomic E-state index is 6.52. The Morgan fingerprint density at radius 3 is 2.44 bits per heavy atom. The van der Waals surface area contributed by atoms with E-state index in [0.717, 1.165) is 17.8 Å². The van der Waals surface area contributed by atoms with Gasteiger partial charge in [0.25, 0.3) is 0 Å². The van der Waals surface area contributed by atoms with Crippen molar-refractivity contribution in [1.29, 1.82) is 0 Å². The lowest BCUT2D eigenvalue weighted by atomic mass is 9.85. The second kappa shape index (κ2) is 4.09. The molecule has 1 aromatic rings. The lowest BCUT2D eigenvalue weighted by molar-refractivity contribution is 0.403. The van der Waals surface area contributed by atoms with Gasteiger partial charge in [-0.3, -0.25) is 0 Å². The molecule has 2 N–H and O–H groups in total. The highest BCUT2D eigenvalue weighted by Gasteiger charge is 2.47. The molecule has 0 bridgehead atoms. The summed E-state index contributed by atoms with van der Waals surface area (Å²) in [5, 5.41) is 0. The standard InChI is InChI=1S/C17H23N/c18-17(16-9-14-8-15(14)10-16)13-6-5-11-3-1-2-4-12(11)7-13/h5-7,14-17H,1-4,8-10,18H2. The highest BCUT2D eigenvalue weighted by molar-refractivity contribution is 5.35. The summed E-state index contributed by atoms with van der Waals surface area (Å²) in [5.74, 6) is 2.84. The van der Waals surface area contributed by atoms with E-state index < -0.39 is 0 Å². The number of benzene rings is 1. The number of rotatable bonds is 2. The number of hydrogen-bond donors (Lipinski definition) is 1. The number of fused-ring (bicyclic) bond motifs is 2. The minimum atomic E-state index is 0.296. The maximum atomic E-state index is 6.52. The normalized spacial score (nSPS) is 34.8. The zero-order chi connectivity index (χ0) is 12.1. The van der Waals surface area contributed by atoms with Crippen LogP contribution in [0.4, 0.5) is 0 Å². The van der Waals surface area contributed by atoms with E-state index in [4.69, 9.17) is 5.73 Å². The van der Waals surface area contributed by atoms with Crippen LogP contribution in [-0.4, -0.2) is 0 Å². The Bertz CT molecular complexity index is 455. The smallest absolute Gasteiger partial charge is 0.0323 e. The summed E-state index contributed by atoms with van der Waals surface area (Å²) in [5.41, 5.74) is 11.1. The zero-order valence-corrected chi connectivity index (χ0v) is 11.1. The zero-order valence-electron chi connectivity index (χ0n) is 11.1. The van der Waals surface area contributed by atoms with Gasteiger partial charge in [0.15, 0.2) is 0 Å². The van der Waals surface area contributed by atoms with Gasteiger partial charge in [0, 0.05) is 6.04 Å². The van der Waals surface area contributed by atoms with Gasteiger partial charge in [-0.2, -0.15) is 0 Å². The van der Waals surface area contributed by atoms with Crippen LogP contribution in [-0.2, 0) is 12.8 Å². The Kier molecular flexibility index (Phi) is 2.51. The van der Waals surface area contributed by atoms with Crippen LogP contribution in [0.3, 0.4) is 0 Å². The Labute approximate surface area is 110 Å². The third-order valence-corrected chi connectivity index (χ3v) is 5.55. The van der Waals surface area contributed by atoms with Gasteiger partial charge in [0.05, 0.1) is 0 Å². The molecule has 0 aliphatic heterocycles. The van der Waals surface area contributed by atoms with Crippen molar-refractivity contribution in [3.63, 3.8) is 0 Å². The fraction of sp³-hybridized carbons (Fsp3) is 0.647. The van der Waals surface area contributed by atoms with Crippen molar-refractivity contribution in [1.82, 2.24) is 0 Å². The van der Waals surface area contributed by atoms with Crippen LogP contribution in [0.15, 0.2) is 18.2 Å². The van der Waals surface area contributed by atoms with Crippen molar-refractivity contribution in [2.24, 2.45) is 23.5 Å².